The van der Waals surface area contributed by atoms with E-state index in [4.69, 9.17) is 4.74 Å². The molecule has 0 aromatic heterocycles. The number of ether oxygens (including phenoxy) is 1. The van der Waals surface area contributed by atoms with Gasteiger partial charge in [-0.2, -0.15) is 0 Å². The number of amides is 2. The first-order chi connectivity index (χ1) is 9.06. The van der Waals surface area contributed by atoms with Crippen LogP contribution in [0.25, 0.3) is 0 Å². The van der Waals surface area contributed by atoms with Crippen LogP contribution < -0.4 is 10.6 Å². The van der Waals surface area contributed by atoms with Crippen LogP contribution in [-0.2, 0) is 9.57 Å². The van der Waals surface area contributed by atoms with Gasteiger partial charge in [-0.05, 0) is 29.4 Å². The highest BCUT2D eigenvalue weighted by atomic mass is 79.9. The number of carbonyl (C=O) groups is 2. The normalized spacial score (nSPS) is 10.6. The molecule has 0 aliphatic carbocycles. The van der Waals surface area contributed by atoms with Gasteiger partial charge in [0.1, 0.15) is 0 Å². The Morgan fingerprint density at radius 1 is 1.11 bits per heavy atom. The molecule has 19 heavy (non-hydrogen) atoms. The zero-order valence-electron chi connectivity index (χ0n) is 10.3. The van der Waals surface area contributed by atoms with Gasteiger partial charge in [-0.1, -0.05) is 15.9 Å². The molecule has 2 N–H and O–H groups in total. The van der Waals surface area contributed by atoms with Gasteiger partial charge >= 0.3 is 12.2 Å². The van der Waals surface area contributed by atoms with E-state index >= 15 is 0 Å². The molecule has 0 fully saturated rings. The SMILES string of the molecule is CNC(=O)O/N=C(\OC(=O)NC)c1ccc(Br)cc1. The molecule has 0 spiro atoms. The van der Waals surface area contributed by atoms with Crippen molar-refractivity contribution in [2.45, 2.75) is 0 Å². The van der Waals surface area contributed by atoms with Crippen molar-refractivity contribution in [3.8, 4) is 0 Å². The highest BCUT2D eigenvalue weighted by Gasteiger charge is 2.12. The molecule has 0 radical (unpaired) electrons. The number of benzene rings is 1. The number of alkyl carbamates (subject to hydrolysis) is 1. The summed E-state index contributed by atoms with van der Waals surface area (Å²) in [6, 6.07) is 6.77. The summed E-state index contributed by atoms with van der Waals surface area (Å²) in [4.78, 5) is 26.7. The standard InChI is InChI=1S/C11H12BrN3O4/c1-13-10(16)18-9(15-19-11(17)14-2)7-3-5-8(12)6-4-7/h3-6H,1-2H3,(H,13,16)(H,14,17)/b15-9-. The Hall–Kier alpha value is -2.09. The minimum absolute atomic E-state index is 0.129. The minimum Gasteiger partial charge on any atom is -0.387 e. The molecule has 7 nitrogen and oxygen atoms in total. The highest BCUT2D eigenvalue weighted by Crippen LogP contribution is 2.12. The maximum Gasteiger partial charge on any atom is 0.433 e. The molecule has 0 aliphatic heterocycles. The molecule has 2 amide bonds. The van der Waals surface area contributed by atoms with Crippen molar-refractivity contribution in [3.63, 3.8) is 0 Å². The van der Waals surface area contributed by atoms with E-state index < -0.39 is 12.2 Å². The van der Waals surface area contributed by atoms with Crippen LogP contribution in [-0.4, -0.2) is 32.2 Å². The van der Waals surface area contributed by atoms with E-state index in [1.54, 1.807) is 24.3 Å². The van der Waals surface area contributed by atoms with Crippen LogP contribution in [0.1, 0.15) is 5.56 Å². The largest absolute Gasteiger partial charge is 0.433 e. The van der Waals surface area contributed by atoms with E-state index in [1.165, 1.54) is 14.1 Å². The van der Waals surface area contributed by atoms with Gasteiger partial charge < -0.3 is 15.4 Å². The maximum absolute atomic E-state index is 11.2. The smallest absolute Gasteiger partial charge is 0.387 e. The van der Waals surface area contributed by atoms with E-state index in [-0.39, 0.29) is 5.90 Å². The van der Waals surface area contributed by atoms with Gasteiger partial charge in [-0.25, -0.2) is 9.59 Å². The molecule has 0 atom stereocenters. The van der Waals surface area contributed by atoms with Crippen LogP contribution in [0.4, 0.5) is 9.59 Å². The molecule has 0 bridgehead atoms. The van der Waals surface area contributed by atoms with Gasteiger partial charge in [-0.15, -0.1) is 0 Å². The van der Waals surface area contributed by atoms with Crippen LogP contribution in [0.5, 0.6) is 0 Å². The van der Waals surface area contributed by atoms with Gasteiger partial charge in [0.15, 0.2) is 0 Å². The monoisotopic (exact) mass is 329 g/mol. The van der Waals surface area contributed by atoms with Gasteiger partial charge in [-0.3, -0.25) is 4.84 Å². The summed E-state index contributed by atoms with van der Waals surface area (Å²) >= 11 is 3.28. The van der Waals surface area contributed by atoms with E-state index in [0.29, 0.717) is 5.56 Å². The third-order valence-electron chi connectivity index (χ3n) is 1.90. The summed E-state index contributed by atoms with van der Waals surface area (Å²) in [6.07, 6.45) is -1.49. The molecule has 0 aliphatic rings. The molecular formula is C11H12BrN3O4. The molecule has 1 aromatic rings. The van der Waals surface area contributed by atoms with Crippen molar-refractivity contribution in [2.75, 3.05) is 14.1 Å². The number of hydrogen-bond donors (Lipinski definition) is 2. The summed E-state index contributed by atoms with van der Waals surface area (Å²) < 4.78 is 5.75. The first-order valence-electron chi connectivity index (χ1n) is 5.19. The third kappa shape index (κ3) is 4.96. The van der Waals surface area contributed by atoms with Gasteiger partial charge in [0.2, 0.25) is 0 Å². The third-order valence-corrected chi connectivity index (χ3v) is 2.43. The van der Waals surface area contributed by atoms with Crippen LogP contribution in [0, 0.1) is 0 Å². The zero-order valence-corrected chi connectivity index (χ0v) is 11.9. The summed E-state index contributed by atoms with van der Waals surface area (Å²) in [6.45, 7) is 0. The average Bonchev–Trinajstić information content (AvgIpc) is 2.43. The lowest BCUT2D eigenvalue weighted by atomic mass is 10.2. The molecule has 0 saturated carbocycles. The van der Waals surface area contributed by atoms with Crippen molar-refractivity contribution in [2.24, 2.45) is 5.16 Å². The lowest BCUT2D eigenvalue weighted by molar-refractivity contribution is 0.147. The second kappa shape index (κ2) is 7.37. The molecule has 102 valence electrons. The van der Waals surface area contributed by atoms with Crippen molar-refractivity contribution in [1.29, 1.82) is 0 Å². The summed E-state index contributed by atoms with van der Waals surface area (Å²) in [5, 5.41) is 7.98. The fourth-order valence-electron chi connectivity index (χ4n) is 0.990. The van der Waals surface area contributed by atoms with Crippen LogP contribution in [0.3, 0.4) is 0 Å². The second-order valence-corrected chi connectivity index (χ2v) is 4.09. The zero-order chi connectivity index (χ0) is 14.3. The molecule has 0 saturated heterocycles. The Labute approximate surface area is 118 Å². The summed E-state index contributed by atoms with van der Waals surface area (Å²) in [7, 11) is 2.79. The number of carbonyl (C=O) groups excluding carboxylic acids is 2. The van der Waals surface area contributed by atoms with E-state index in [2.05, 4.69) is 36.6 Å². The Balaban J connectivity index is 2.94. The lowest BCUT2D eigenvalue weighted by Gasteiger charge is -2.06. The Bertz CT molecular complexity index is 487. The fraction of sp³-hybridized carbons (Fsp3) is 0.182. The minimum atomic E-state index is -0.768. The quantitative estimate of drug-likeness (QED) is 0.375. The Morgan fingerprint density at radius 2 is 1.68 bits per heavy atom. The number of halogens is 1. The topological polar surface area (TPSA) is 89.0 Å². The van der Waals surface area contributed by atoms with E-state index in [0.717, 1.165) is 4.47 Å². The lowest BCUT2D eigenvalue weighted by Crippen LogP contribution is -2.24. The molecule has 1 rings (SSSR count). The van der Waals surface area contributed by atoms with Crippen molar-refractivity contribution >= 4 is 34.0 Å². The second-order valence-electron chi connectivity index (χ2n) is 3.17. The van der Waals surface area contributed by atoms with Gasteiger partial charge in [0.05, 0.1) is 0 Å². The van der Waals surface area contributed by atoms with E-state index in [1.807, 2.05) is 0 Å². The van der Waals surface area contributed by atoms with Crippen molar-refractivity contribution < 1.29 is 19.2 Å². The molecular weight excluding hydrogens is 318 g/mol. The number of hydrogen-bond acceptors (Lipinski definition) is 5. The van der Waals surface area contributed by atoms with Crippen LogP contribution in [0.2, 0.25) is 0 Å². The Morgan fingerprint density at radius 3 is 2.21 bits per heavy atom. The number of nitrogens with zero attached hydrogens (tertiary/aromatic N) is 1. The van der Waals surface area contributed by atoms with Gasteiger partial charge in [0.25, 0.3) is 5.90 Å². The van der Waals surface area contributed by atoms with Crippen molar-refractivity contribution in [1.82, 2.24) is 10.6 Å². The first-order valence-corrected chi connectivity index (χ1v) is 5.98. The number of nitrogens with one attached hydrogen (secondary N) is 2. The average molecular weight is 330 g/mol. The molecule has 0 unspecified atom stereocenters. The van der Waals surface area contributed by atoms with Crippen LogP contribution >= 0.6 is 15.9 Å². The predicted molar refractivity (Wildman–Crippen MR) is 71.8 cm³/mol. The van der Waals surface area contributed by atoms with Crippen molar-refractivity contribution in [3.05, 3.63) is 34.3 Å². The molecule has 0 heterocycles. The molecule has 1 aromatic carbocycles. The molecule has 8 heteroatoms. The summed E-state index contributed by atoms with van der Waals surface area (Å²) in [5.41, 5.74) is 0.482. The summed E-state index contributed by atoms with van der Waals surface area (Å²) in [5.74, 6) is -0.129. The van der Waals surface area contributed by atoms with E-state index in [9.17, 15) is 9.59 Å². The number of rotatable bonds is 2. The van der Waals surface area contributed by atoms with Crippen LogP contribution in [0.15, 0.2) is 33.9 Å². The van der Waals surface area contributed by atoms with Gasteiger partial charge in [0, 0.05) is 24.1 Å². The first kappa shape index (κ1) is 15.0. The Kier molecular flexibility index (Phi) is 5.80. The predicted octanol–water partition coefficient (Wildman–Crippen LogP) is 1.82. The number of oxime groups is 1. The maximum atomic E-state index is 11.2. The highest BCUT2D eigenvalue weighted by molar-refractivity contribution is 9.10. The fourth-order valence-corrected chi connectivity index (χ4v) is 1.25.